The molecule has 6 nitrogen and oxygen atoms in total. The maximum atomic E-state index is 11.4. The second kappa shape index (κ2) is 9.94. The maximum absolute atomic E-state index is 11.4. The van der Waals surface area contributed by atoms with Gasteiger partial charge in [0, 0.05) is 28.8 Å². The van der Waals surface area contributed by atoms with Gasteiger partial charge in [-0.25, -0.2) is 9.97 Å². The number of aliphatic hydroxyl groups is 1. The number of fused-ring (bicyclic) bond motifs is 1. The van der Waals surface area contributed by atoms with E-state index in [9.17, 15) is 5.11 Å². The molecule has 1 aromatic carbocycles. The molecule has 0 spiro atoms. The molecule has 3 heterocycles. The first kappa shape index (κ1) is 23.9. The molecule has 4 rings (SSSR count). The zero-order valence-electron chi connectivity index (χ0n) is 20.9. The van der Waals surface area contributed by atoms with Gasteiger partial charge in [0.05, 0.1) is 29.6 Å². The molecular formula is C28H34N4O2. The van der Waals surface area contributed by atoms with Gasteiger partial charge in [-0.3, -0.25) is 9.55 Å². The zero-order chi connectivity index (χ0) is 24.4. The Morgan fingerprint density at radius 1 is 1.00 bits per heavy atom. The number of ether oxygens (including phenoxy) is 1. The Morgan fingerprint density at radius 2 is 1.71 bits per heavy atom. The first-order chi connectivity index (χ1) is 16.3. The van der Waals surface area contributed by atoms with Crippen LogP contribution in [0.3, 0.4) is 0 Å². The Balaban J connectivity index is 1.93. The van der Waals surface area contributed by atoms with Gasteiger partial charge in [-0.05, 0) is 50.8 Å². The van der Waals surface area contributed by atoms with Gasteiger partial charge in [-0.15, -0.1) is 0 Å². The molecule has 0 saturated heterocycles. The largest absolute Gasteiger partial charge is 0.475 e. The van der Waals surface area contributed by atoms with E-state index in [0.717, 1.165) is 40.6 Å². The Kier molecular flexibility index (Phi) is 6.98. The number of nitrogens with zero attached hydrogens (tertiary/aromatic N) is 4. The van der Waals surface area contributed by atoms with Crippen LogP contribution in [-0.2, 0) is 0 Å². The van der Waals surface area contributed by atoms with Crippen molar-refractivity contribution in [2.45, 2.75) is 66.6 Å². The quantitative estimate of drug-likeness (QED) is 0.333. The minimum atomic E-state index is -0.583. The third-order valence-corrected chi connectivity index (χ3v) is 6.50. The van der Waals surface area contributed by atoms with E-state index in [1.165, 1.54) is 17.5 Å². The van der Waals surface area contributed by atoms with Crippen LogP contribution in [0.1, 0.15) is 63.3 Å². The highest BCUT2D eigenvalue weighted by Gasteiger charge is 2.24. The van der Waals surface area contributed by atoms with Crippen LogP contribution in [0.25, 0.3) is 28.0 Å². The lowest BCUT2D eigenvalue weighted by atomic mass is 9.91. The average molecular weight is 459 g/mol. The molecule has 0 aliphatic rings. The van der Waals surface area contributed by atoms with Crippen LogP contribution in [0.5, 0.6) is 5.88 Å². The number of hydrogen-bond donors (Lipinski definition) is 1. The maximum Gasteiger partial charge on any atom is 0.218 e. The van der Waals surface area contributed by atoms with E-state index in [2.05, 4.69) is 61.9 Å². The van der Waals surface area contributed by atoms with Crippen LogP contribution in [0.4, 0.5) is 0 Å². The van der Waals surface area contributed by atoms with E-state index < -0.39 is 6.10 Å². The van der Waals surface area contributed by atoms with Crippen molar-refractivity contribution in [2.24, 2.45) is 5.92 Å². The van der Waals surface area contributed by atoms with Gasteiger partial charge in [0.2, 0.25) is 5.88 Å². The van der Waals surface area contributed by atoms with Crippen molar-refractivity contribution in [3.63, 3.8) is 0 Å². The predicted molar refractivity (Wildman–Crippen MR) is 136 cm³/mol. The van der Waals surface area contributed by atoms with Crippen LogP contribution < -0.4 is 4.74 Å². The lowest BCUT2D eigenvalue weighted by molar-refractivity contribution is 0.104. The van der Waals surface area contributed by atoms with Gasteiger partial charge < -0.3 is 9.84 Å². The molecule has 4 aromatic rings. The number of aromatic nitrogens is 4. The fourth-order valence-corrected chi connectivity index (χ4v) is 4.69. The van der Waals surface area contributed by atoms with Crippen LogP contribution >= 0.6 is 0 Å². The summed E-state index contributed by atoms with van der Waals surface area (Å²) in [6.45, 7) is 12.4. The highest BCUT2D eigenvalue weighted by Crippen LogP contribution is 2.37. The molecule has 0 aliphatic carbocycles. The summed E-state index contributed by atoms with van der Waals surface area (Å²) in [5.74, 6) is 1.37. The number of hydrogen-bond acceptors (Lipinski definition) is 5. The van der Waals surface area contributed by atoms with Gasteiger partial charge in [-0.2, -0.15) is 0 Å². The van der Waals surface area contributed by atoms with Crippen molar-refractivity contribution in [2.75, 3.05) is 0 Å². The highest BCUT2D eigenvalue weighted by atomic mass is 16.5. The van der Waals surface area contributed by atoms with Crippen molar-refractivity contribution >= 4 is 10.9 Å². The molecule has 34 heavy (non-hydrogen) atoms. The van der Waals surface area contributed by atoms with E-state index in [-0.39, 0.29) is 12.0 Å². The first-order valence-corrected chi connectivity index (χ1v) is 12.1. The Bertz CT molecular complexity index is 1270. The Hall–Kier alpha value is -3.25. The third-order valence-electron chi connectivity index (χ3n) is 6.50. The number of pyridine rings is 1. The summed E-state index contributed by atoms with van der Waals surface area (Å²) in [6, 6.07) is 10.2. The van der Waals surface area contributed by atoms with Crippen LogP contribution in [0.2, 0.25) is 0 Å². The minimum absolute atomic E-state index is 0.0120. The zero-order valence-corrected chi connectivity index (χ0v) is 20.9. The minimum Gasteiger partial charge on any atom is -0.475 e. The molecule has 0 bridgehead atoms. The molecule has 0 radical (unpaired) electrons. The molecule has 1 N–H and O–H groups in total. The van der Waals surface area contributed by atoms with Crippen LogP contribution in [0.15, 0.2) is 49.1 Å². The van der Waals surface area contributed by atoms with Gasteiger partial charge >= 0.3 is 0 Å². The summed E-state index contributed by atoms with van der Waals surface area (Å²) in [5, 5.41) is 12.4. The van der Waals surface area contributed by atoms with Crippen molar-refractivity contribution in [1.82, 2.24) is 19.5 Å². The van der Waals surface area contributed by atoms with E-state index in [4.69, 9.17) is 9.72 Å². The van der Waals surface area contributed by atoms with Crippen LogP contribution in [0, 0.1) is 19.8 Å². The molecule has 0 saturated carbocycles. The van der Waals surface area contributed by atoms with Crippen molar-refractivity contribution in [1.29, 1.82) is 0 Å². The lowest BCUT2D eigenvalue weighted by Crippen LogP contribution is -2.10. The number of rotatable bonds is 8. The monoisotopic (exact) mass is 458 g/mol. The van der Waals surface area contributed by atoms with E-state index in [1.807, 2.05) is 36.9 Å². The third kappa shape index (κ3) is 4.55. The van der Waals surface area contributed by atoms with Crippen molar-refractivity contribution in [3.8, 4) is 23.0 Å². The smallest absolute Gasteiger partial charge is 0.218 e. The molecule has 0 fully saturated rings. The Morgan fingerprint density at radius 3 is 2.35 bits per heavy atom. The molecule has 3 aromatic heterocycles. The molecule has 1 atom stereocenters. The fraction of sp³-hybridized carbons (Fsp3) is 0.393. The van der Waals surface area contributed by atoms with Gasteiger partial charge in [0.25, 0.3) is 0 Å². The fourth-order valence-electron chi connectivity index (χ4n) is 4.69. The SMILES string of the molecule is CCC(CC)C(O)c1cn(-c2cc(OC(C)C)ncn2)c2cnc(-c3c(C)cccc3C)cc12. The number of aryl methyl sites for hydroxylation is 2. The second-order valence-corrected chi connectivity index (χ2v) is 9.21. The summed E-state index contributed by atoms with van der Waals surface area (Å²) in [7, 11) is 0. The topological polar surface area (TPSA) is 73.1 Å². The molecule has 1 unspecified atom stereocenters. The molecule has 6 heteroatoms. The molecule has 0 aliphatic heterocycles. The normalized spacial score (nSPS) is 12.6. The number of aliphatic hydroxyl groups excluding tert-OH is 1. The number of benzene rings is 1. The van der Waals surface area contributed by atoms with Crippen LogP contribution in [-0.4, -0.2) is 30.7 Å². The van der Waals surface area contributed by atoms with E-state index in [0.29, 0.717) is 11.7 Å². The molecule has 0 amide bonds. The second-order valence-electron chi connectivity index (χ2n) is 9.21. The van der Waals surface area contributed by atoms with Crippen molar-refractivity contribution < 1.29 is 9.84 Å². The van der Waals surface area contributed by atoms with Gasteiger partial charge in [0.1, 0.15) is 12.1 Å². The summed E-state index contributed by atoms with van der Waals surface area (Å²) in [6.07, 6.45) is 6.61. The molecular weight excluding hydrogens is 424 g/mol. The average Bonchev–Trinajstić information content (AvgIpc) is 3.18. The standard InChI is InChI=1S/C28H34N4O2/c1-7-20(8-2)28(33)22-15-32(25-13-26(31-16-30-25)34-17(3)4)24-14-29-23(12-21(22)24)27-18(5)10-9-11-19(27)6/h9-17,20,28,33H,7-8H2,1-6H3. The predicted octanol–water partition coefficient (Wildman–Crippen LogP) is 6.36. The van der Waals surface area contributed by atoms with E-state index in [1.54, 1.807) is 0 Å². The summed E-state index contributed by atoms with van der Waals surface area (Å²) in [4.78, 5) is 13.6. The van der Waals surface area contributed by atoms with Gasteiger partial charge in [0.15, 0.2) is 0 Å². The molecule has 178 valence electrons. The van der Waals surface area contributed by atoms with E-state index >= 15 is 0 Å². The van der Waals surface area contributed by atoms with Crippen molar-refractivity contribution in [3.05, 3.63) is 65.7 Å². The summed E-state index contributed by atoms with van der Waals surface area (Å²) in [5.41, 5.74) is 6.19. The first-order valence-electron chi connectivity index (χ1n) is 12.1. The summed E-state index contributed by atoms with van der Waals surface area (Å²) >= 11 is 0. The lowest BCUT2D eigenvalue weighted by Gasteiger charge is -2.19. The highest BCUT2D eigenvalue weighted by molar-refractivity contribution is 5.89. The summed E-state index contributed by atoms with van der Waals surface area (Å²) < 4.78 is 7.77. The van der Waals surface area contributed by atoms with Gasteiger partial charge in [-0.1, -0.05) is 44.9 Å². The Labute approximate surface area is 201 Å².